The van der Waals surface area contributed by atoms with E-state index >= 15 is 0 Å². The molecule has 0 aromatic heterocycles. The van der Waals surface area contributed by atoms with Crippen LogP contribution in [0.4, 0.5) is 0 Å². The van der Waals surface area contributed by atoms with Crippen molar-refractivity contribution in [1.29, 1.82) is 0 Å². The summed E-state index contributed by atoms with van der Waals surface area (Å²) in [6, 6.07) is 0. The van der Waals surface area contributed by atoms with Crippen LogP contribution in [-0.2, 0) is 13.6 Å². The third-order valence-corrected chi connectivity index (χ3v) is 1.92. The van der Waals surface area contributed by atoms with E-state index < -0.39 is 7.82 Å². The topological polar surface area (TPSA) is 55.8 Å². The molecule has 0 rings (SSSR count). The molecule has 1 atom stereocenters. The van der Waals surface area contributed by atoms with Crippen molar-refractivity contribution in [2.24, 2.45) is 0 Å². The van der Waals surface area contributed by atoms with Crippen LogP contribution < -0.4 is 0 Å². The van der Waals surface area contributed by atoms with Gasteiger partial charge in [0.05, 0.1) is 6.61 Å². The zero-order chi connectivity index (χ0) is 10.9. The van der Waals surface area contributed by atoms with Gasteiger partial charge in [-0.05, 0) is 6.42 Å². The lowest BCUT2D eigenvalue weighted by molar-refractivity contribution is 0.194. The predicted octanol–water partition coefficient (Wildman–Crippen LogP) is 1.90. The standard InChI is InChI=1S/C9H13O4P/c1-3-5-6-7-9-13-14(10,11)12-8-4-2/h1H,4-6,8H2,2H3,(H,10,11). The van der Waals surface area contributed by atoms with Crippen molar-refractivity contribution in [3.05, 3.63) is 0 Å². The fourth-order valence-corrected chi connectivity index (χ4v) is 1.15. The summed E-state index contributed by atoms with van der Waals surface area (Å²) in [7, 11) is -3.98. The maximum atomic E-state index is 11.0. The van der Waals surface area contributed by atoms with Crippen LogP contribution in [0.1, 0.15) is 26.2 Å². The lowest BCUT2D eigenvalue weighted by Crippen LogP contribution is -1.92. The summed E-state index contributed by atoms with van der Waals surface area (Å²) in [5, 5.41) is 0. The molecule has 14 heavy (non-hydrogen) atoms. The smallest absolute Gasteiger partial charge is 0.350 e. The monoisotopic (exact) mass is 216 g/mol. The van der Waals surface area contributed by atoms with Gasteiger partial charge in [-0.1, -0.05) is 12.8 Å². The van der Waals surface area contributed by atoms with E-state index in [1.807, 2.05) is 6.92 Å². The Morgan fingerprint density at radius 1 is 1.50 bits per heavy atom. The van der Waals surface area contributed by atoms with Gasteiger partial charge in [-0.3, -0.25) is 9.42 Å². The molecule has 0 aliphatic carbocycles. The first-order valence-electron chi connectivity index (χ1n) is 4.19. The number of hydrogen-bond acceptors (Lipinski definition) is 3. The molecular formula is C9H13O4P. The van der Waals surface area contributed by atoms with Crippen LogP contribution in [0.3, 0.4) is 0 Å². The minimum Gasteiger partial charge on any atom is -0.350 e. The van der Waals surface area contributed by atoms with E-state index in [9.17, 15) is 4.57 Å². The molecule has 0 bridgehead atoms. The summed E-state index contributed by atoms with van der Waals surface area (Å²) in [6.45, 7) is 1.98. The van der Waals surface area contributed by atoms with Crippen LogP contribution in [0, 0.1) is 24.4 Å². The highest BCUT2D eigenvalue weighted by atomic mass is 31.2. The van der Waals surface area contributed by atoms with E-state index in [0.717, 1.165) is 0 Å². The molecule has 0 spiro atoms. The predicted molar refractivity (Wildman–Crippen MR) is 53.0 cm³/mol. The van der Waals surface area contributed by atoms with Crippen LogP contribution in [0.25, 0.3) is 0 Å². The lowest BCUT2D eigenvalue weighted by atomic mass is 10.3. The number of hydrogen-bond donors (Lipinski definition) is 1. The highest BCUT2D eigenvalue weighted by Gasteiger charge is 2.20. The SMILES string of the molecule is C#CCCC#COP(=O)(O)OCCC. The average molecular weight is 216 g/mol. The maximum Gasteiger partial charge on any atom is 0.535 e. The van der Waals surface area contributed by atoms with Crippen molar-refractivity contribution in [3.63, 3.8) is 0 Å². The zero-order valence-electron chi connectivity index (χ0n) is 8.02. The molecule has 0 saturated heterocycles. The highest BCUT2D eigenvalue weighted by Crippen LogP contribution is 2.42. The van der Waals surface area contributed by atoms with Gasteiger partial charge < -0.3 is 4.52 Å². The Hall–Kier alpha value is -0.930. The first kappa shape index (κ1) is 13.1. The number of rotatable bonds is 5. The molecule has 0 heterocycles. The molecule has 4 nitrogen and oxygen atoms in total. The normalized spacial score (nSPS) is 13.2. The Bertz CT molecular complexity index is 294. The van der Waals surface area contributed by atoms with Crippen molar-refractivity contribution in [2.45, 2.75) is 26.2 Å². The van der Waals surface area contributed by atoms with E-state index in [1.165, 1.54) is 0 Å². The van der Waals surface area contributed by atoms with Crippen molar-refractivity contribution in [1.82, 2.24) is 0 Å². The molecule has 5 heteroatoms. The number of phosphoric ester groups is 1. The zero-order valence-corrected chi connectivity index (χ0v) is 8.92. The van der Waals surface area contributed by atoms with Crippen LogP contribution >= 0.6 is 7.82 Å². The van der Waals surface area contributed by atoms with Crippen molar-refractivity contribution in [2.75, 3.05) is 6.61 Å². The first-order valence-corrected chi connectivity index (χ1v) is 5.69. The Labute approximate surface area is 84.2 Å². The van der Waals surface area contributed by atoms with Gasteiger partial charge in [0.15, 0.2) is 0 Å². The van der Waals surface area contributed by atoms with Gasteiger partial charge in [-0.2, -0.15) is 0 Å². The molecule has 0 radical (unpaired) electrons. The Kier molecular flexibility index (Phi) is 6.98. The minimum absolute atomic E-state index is 0.166. The average Bonchev–Trinajstić information content (AvgIpc) is 2.15. The third kappa shape index (κ3) is 7.71. The van der Waals surface area contributed by atoms with Crippen LogP contribution in [0.15, 0.2) is 0 Å². The lowest BCUT2D eigenvalue weighted by Gasteiger charge is -2.06. The first-order chi connectivity index (χ1) is 6.62. The Morgan fingerprint density at radius 2 is 2.21 bits per heavy atom. The summed E-state index contributed by atoms with van der Waals surface area (Å²) < 4.78 is 19.8. The summed E-state index contributed by atoms with van der Waals surface area (Å²) in [5.74, 6) is 4.87. The molecule has 0 saturated carbocycles. The number of phosphoric acid groups is 1. The highest BCUT2D eigenvalue weighted by molar-refractivity contribution is 7.47. The minimum atomic E-state index is -3.98. The fraction of sp³-hybridized carbons (Fsp3) is 0.556. The van der Waals surface area contributed by atoms with E-state index in [-0.39, 0.29) is 6.61 Å². The summed E-state index contributed by atoms with van der Waals surface area (Å²) in [6.07, 6.45) is 8.62. The molecule has 1 unspecified atom stereocenters. The van der Waals surface area contributed by atoms with E-state index in [2.05, 4.69) is 27.0 Å². The molecular weight excluding hydrogens is 203 g/mol. The Morgan fingerprint density at radius 3 is 2.79 bits per heavy atom. The molecule has 0 fully saturated rings. The second-order valence-electron chi connectivity index (χ2n) is 2.38. The van der Waals surface area contributed by atoms with Gasteiger partial charge in [0.2, 0.25) is 0 Å². The number of terminal acetylenes is 1. The van der Waals surface area contributed by atoms with E-state index in [0.29, 0.717) is 19.3 Å². The van der Waals surface area contributed by atoms with E-state index in [4.69, 9.17) is 11.3 Å². The van der Waals surface area contributed by atoms with Gasteiger partial charge in [0.1, 0.15) is 6.11 Å². The second kappa shape index (κ2) is 7.47. The van der Waals surface area contributed by atoms with Crippen LogP contribution in [0.5, 0.6) is 0 Å². The van der Waals surface area contributed by atoms with Gasteiger partial charge >= 0.3 is 7.82 Å². The largest absolute Gasteiger partial charge is 0.535 e. The Balaban J connectivity index is 3.79. The molecule has 1 N–H and O–H groups in total. The van der Waals surface area contributed by atoms with Gasteiger partial charge in [0, 0.05) is 12.8 Å². The van der Waals surface area contributed by atoms with Gasteiger partial charge in [-0.25, -0.2) is 4.57 Å². The van der Waals surface area contributed by atoms with Crippen molar-refractivity contribution in [3.8, 4) is 24.4 Å². The second-order valence-corrected chi connectivity index (χ2v) is 3.75. The fourth-order valence-electron chi connectivity index (χ4n) is 0.509. The summed E-state index contributed by atoms with van der Waals surface area (Å²) in [5.41, 5.74) is 0. The van der Waals surface area contributed by atoms with Gasteiger partial charge in [-0.15, -0.1) is 12.3 Å². The summed E-state index contributed by atoms with van der Waals surface area (Å²) in [4.78, 5) is 8.97. The number of unbranched alkanes of at least 4 members (excludes halogenated alkanes) is 1. The quantitative estimate of drug-likeness (QED) is 0.433. The summed E-state index contributed by atoms with van der Waals surface area (Å²) >= 11 is 0. The molecule has 78 valence electrons. The third-order valence-electron chi connectivity index (χ3n) is 1.09. The van der Waals surface area contributed by atoms with Gasteiger partial charge in [0.25, 0.3) is 0 Å². The molecule has 0 aliphatic rings. The van der Waals surface area contributed by atoms with Crippen LogP contribution in [0.2, 0.25) is 0 Å². The molecule has 0 aliphatic heterocycles. The molecule has 0 aromatic carbocycles. The maximum absolute atomic E-state index is 11.0. The van der Waals surface area contributed by atoms with Crippen molar-refractivity contribution < 1.29 is 18.5 Å². The molecule has 0 aromatic rings. The van der Waals surface area contributed by atoms with Crippen LogP contribution in [-0.4, -0.2) is 11.5 Å². The molecule has 0 amide bonds. The van der Waals surface area contributed by atoms with E-state index in [1.54, 1.807) is 0 Å². The van der Waals surface area contributed by atoms with Crippen molar-refractivity contribution >= 4 is 7.82 Å².